The molecule has 4 nitrogen and oxygen atoms in total. The predicted molar refractivity (Wildman–Crippen MR) is 93.7 cm³/mol. The molecule has 0 saturated carbocycles. The van der Waals surface area contributed by atoms with Crippen molar-refractivity contribution in [3.63, 3.8) is 0 Å². The molecule has 0 aromatic heterocycles. The Morgan fingerprint density at radius 2 is 1.52 bits per heavy atom. The summed E-state index contributed by atoms with van der Waals surface area (Å²) in [5, 5.41) is 0. The summed E-state index contributed by atoms with van der Waals surface area (Å²) in [6.07, 6.45) is 3.32. The minimum absolute atomic E-state index is 0.156. The summed E-state index contributed by atoms with van der Waals surface area (Å²) in [6, 6.07) is 13.2. The number of anilines is 1. The van der Waals surface area contributed by atoms with Gasteiger partial charge in [0.15, 0.2) is 5.78 Å². The molecule has 4 heteroatoms. The monoisotopic (exact) mass is 311 g/mol. The Hall–Kier alpha value is -2.75. The second-order valence-electron chi connectivity index (χ2n) is 5.22. The number of carbonyl (C=O) groups is 1. The second kappa shape index (κ2) is 7.49. The fourth-order valence-electron chi connectivity index (χ4n) is 2.23. The predicted octanol–water partition coefficient (Wildman–Crippen LogP) is 3.67. The molecule has 2 aromatic carbocycles. The highest BCUT2D eigenvalue weighted by atomic mass is 16.5. The van der Waals surface area contributed by atoms with Gasteiger partial charge in [-0.15, -0.1) is 0 Å². The summed E-state index contributed by atoms with van der Waals surface area (Å²) in [5.74, 6) is 0.847. The average Bonchev–Trinajstić information content (AvgIpc) is 2.59. The van der Waals surface area contributed by atoms with Gasteiger partial charge >= 0.3 is 0 Å². The first-order valence-electron chi connectivity index (χ1n) is 7.27. The second-order valence-corrected chi connectivity index (χ2v) is 5.22. The number of hydrogen-bond donors (Lipinski definition) is 0. The molecule has 2 rings (SSSR count). The van der Waals surface area contributed by atoms with E-state index >= 15 is 0 Å². The van der Waals surface area contributed by atoms with Crippen LogP contribution >= 0.6 is 0 Å². The van der Waals surface area contributed by atoms with Crippen molar-refractivity contribution in [1.82, 2.24) is 0 Å². The summed E-state index contributed by atoms with van der Waals surface area (Å²) >= 11 is 0. The molecule has 0 aliphatic heterocycles. The normalized spacial score (nSPS) is 10.6. The van der Waals surface area contributed by atoms with Crippen LogP contribution in [0.25, 0.3) is 6.08 Å². The lowest BCUT2D eigenvalue weighted by molar-refractivity contribution is 0.104. The third-order valence-corrected chi connectivity index (χ3v) is 3.51. The van der Waals surface area contributed by atoms with Crippen molar-refractivity contribution in [2.75, 3.05) is 33.2 Å². The van der Waals surface area contributed by atoms with Gasteiger partial charge < -0.3 is 14.4 Å². The van der Waals surface area contributed by atoms with Crippen LogP contribution in [-0.2, 0) is 0 Å². The third-order valence-electron chi connectivity index (χ3n) is 3.51. The van der Waals surface area contributed by atoms with Crippen LogP contribution in [0.3, 0.4) is 0 Å². The number of benzene rings is 2. The SMILES string of the molecule is COc1cccc(OC)c1C(=O)/C=C/c1ccc(N(C)C)cc1. The maximum Gasteiger partial charge on any atom is 0.193 e. The van der Waals surface area contributed by atoms with E-state index in [9.17, 15) is 4.79 Å². The fraction of sp³-hybridized carbons (Fsp3) is 0.211. The number of nitrogens with zero attached hydrogens (tertiary/aromatic N) is 1. The van der Waals surface area contributed by atoms with E-state index in [1.807, 2.05) is 43.3 Å². The maximum atomic E-state index is 12.5. The Morgan fingerprint density at radius 3 is 2.00 bits per heavy atom. The molecule has 0 amide bonds. The van der Waals surface area contributed by atoms with Crippen molar-refractivity contribution in [3.8, 4) is 11.5 Å². The van der Waals surface area contributed by atoms with Gasteiger partial charge in [-0.05, 0) is 35.9 Å². The molecule has 0 aliphatic carbocycles. The van der Waals surface area contributed by atoms with Crippen molar-refractivity contribution in [3.05, 3.63) is 59.7 Å². The number of methoxy groups -OCH3 is 2. The molecule has 0 fully saturated rings. The van der Waals surface area contributed by atoms with Gasteiger partial charge in [0, 0.05) is 19.8 Å². The Bertz CT molecular complexity index is 681. The number of carbonyl (C=O) groups excluding carboxylic acids is 1. The fourth-order valence-corrected chi connectivity index (χ4v) is 2.23. The average molecular weight is 311 g/mol. The molecule has 0 aliphatic rings. The third kappa shape index (κ3) is 3.92. The van der Waals surface area contributed by atoms with Crippen LogP contribution in [0.2, 0.25) is 0 Å². The molecule has 0 heterocycles. The molecule has 0 N–H and O–H groups in total. The standard InChI is InChI=1S/C19H21NO3/c1-20(2)15-11-8-14(9-12-15)10-13-16(21)19-17(22-3)6-5-7-18(19)23-4/h5-13H,1-4H3/b13-10+. The first kappa shape index (κ1) is 16.6. The molecular weight excluding hydrogens is 290 g/mol. The summed E-state index contributed by atoms with van der Waals surface area (Å²) in [4.78, 5) is 14.5. The van der Waals surface area contributed by atoms with Crippen LogP contribution in [0, 0.1) is 0 Å². The van der Waals surface area contributed by atoms with Crippen molar-refractivity contribution < 1.29 is 14.3 Å². The molecule has 2 aromatic rings. The molecule has 0 spiro atoms. The van der Waals surface area contributed by atoms with E-state index in [-0.39, 0.29) is 5.78 Å². The highest BCUT2D eigenvalue weighted by Gasteiger charge is 2.15. The largest absolute Gasteiger partial charge is 0.496 e. The van der Waals surface area contributed by atoms with Crippen LogP contribution in [0.1, 0.15) is 15.9 Å². The molecule has 0 saturated heterocycles. The van der Waals surface area contributed by atoms with Gasteiger partial charge in [0.05, 0.1) is 14.2 Å². The molecule has 0 atom stereocenters. The zero-order valence-corrected chi connectivity index (χ0v) is 13.9. The Labute approximate surface area is 137 Å². The smallest absolute Gasteiger partial charge is 0.193 e. The van der Waals surface area contributed by atoms with E-state index in [0.717, 1.165) is 11.3 Å². The Balaban J connectivity index is 2.25. The van der Waals surface area contributed by atoms with E-state index in [1.54, 1.807) is 24.3 Å². The zero-order chi connectivity index (χ0) is 16.8. The summed E-state index contributed by atoms with van der Waals surface area (Å²) in [7, 11) is 7.05. The van der Waals surface area contributed by atoms with Gasteiger partial charge in [0.2, 0.25) is 0 Å². The molecule has 120 valence electrons. The van der Waals surface area contributed by atoms with Crippen molar-refractivity contribution in [2.45, 2.75) is 0 Å². The Kier molecular flexibility index (Phi) is 5.41. The highest BCUT2D eigenvalue weighted by Crippen LogP contribution is 2.29. The van der Waals surface area contributed by atoms with E-state index in [1.165, 1.54) is 20.3 Å². The van der Waals surface area contributed by atoms with Gasteiger partial charge in [-0.2, -0.15) is 0 Å². The van der Waals surface area contributed by atoms with E-state index in [4.69, 9.17) is 9.47 Å². The zero-order valence-electron chi connectivity index (χ0n) is 13.9. The molecule has 0 radical (unpaired) electrons. The summed E-state index contributed by atoms with van der Waals surface area (Å²) in [6.45, 7) is 0. The quantitative estimate of drug-likeness (QED) is 0.603. The first-order chi connectivity index (χ1) is 11.1. The van der Waals surface area contributed by atoms with Crippen molar-refractivity contribution in [1.29, 1.82) is 0 Å². The minimum atomic E-state index is -0.156. The van der Waals surface area contributed by atoms with Gasteiger partial charge in [0.25, 0.3) is 0 Å². The van der Waals surface area contributed by atoms with Crippen LogP contribution in [0.5, 0.6) is 11.5 Å². The summed E-state index contributed by atoms with van der Waals surface area (Å²) < 4.78 is 10.5. The van der Waals surface area contributed by atoms with E-state index < -0.39 is 0 Å². The number of rotatable bonds is 6. The first-order valence-corrected chi connectivity index (χ1v) is 7.27. The van der Waals surface area contributed by atoms with Gasteiger partial charge in [-0.25, -0.2) is 0 Å². The topological polar surface area (TPSA) is 38.8 Å². The maximum absolute atomic E-state index is 12.5. The van der Waals surface area contributed by atoms with Crippen molar-refractivity contribution in [2.24, 2.45) is 0 Å². The number of allylic oxidation sites excluding steroid dienone is 1. The molecule has 23 heavy (non-hydrogen) atoms. The van der Waals surface area contributed by atoms with Crippen LogP contribution in [0.15, 0.2) is 48.5 Å². The molecule has 0 bridgehead atoms. The van der Waals surface area contributed by atoms with E-state index in [0.29, 0.717) is 17.1 Å². The van der Waals surface area contributed by atoms with Crippen LogP contribution < -0.4 is 14.4 Å². The number of ether oxygens (including phenoxy) is 2. The number of hydrogen-bond acceptors (Lipinski definition) is 4. The van der Waals surface area contributed by atoms with Gasteiger partial charge in [-0.1, -0.05) is 24.3 Å². The minimum Gasteiger partial charge on any atom is -0.496 e. The highest BCUT2D eigenvalue weighted by molar-refractivity contribution is 6.10. The summed E-state index contributed by atoms with van der Waals surface area (Å²) in [5.41, 5.74) is 2.50. The van der Waals surface area contributed by atoms with Crippen LogP contribution in [0.4, 0.5) is 5.69 Å². The lowest BCUT2D eigenvalue weighted by atomic mass is 10.1. The van der Waals surface area contributed by atoms with E-state index in [2.05, 4.69) is 0 Å². The van der Waals surface area contributed by atoms with Crippen molar-refractivity contribution >= 4 is 17.5 Å². The molecular formula is C19H21NO3. The lowest BCUT2D eigenvalue weighted by Gasteiger charge is -2.12. The molecule has 0 unspecified atom stereocenters. The number of ketones is 1. The van der Waals surface area contributed by atoms with Crippen LogP contribution in [-0.4, -0.2) is 34.1 Å². The van der Waals surface area contributed by atoms with Gasteiger partial charge in [-0.3, -0.25) is 4.79 Å². The Morgan fingerprint density at radius 1 is 0.957 bits per heavy atom. The van der Waals surface area contributed by atoms with Gasteiger partial charge in [0.1, 0.15) is 17.1 Å². The lowest BCUT2D eigenvalue weighted by Crippen LogP contribution is -2.07.